The monoisotopic (exact) mass is 475 g/mol. The van der Waals surface area contributed by atoms with Crippen LogP contribution in [0.2, 0.25) is 0 Å². The number of benzene rings is 1. The van der Waals surface area contributed by atoms with Crippen molar-refractivity contribution in [3.8, 4) is 6.07 Å². The minimum Gasteiger partial charge on any atom is -0.341 e. The highest BCUT2D eigenvalue weighted by molar-refractivity contribution is 7.89. The average Bonchev–Trinajstić information content (AvgIpc) is 3.42. The fraction of sp³-hybridized carbons (Fsp3) is 0.524. The summed E-state index contributed by atoms with van der Waals surface area (Å²) in [5.74, 6) is 2.61. The van der Waals surface area contributed by atoms with E-state index in [0.717, 1.165) is 19.4 Å². The maximum atomic E-state index is 13.2. The van der Waals surface area contributed by atoms with Crippen LogP contribution in [0.1, 0.15) is 25.3 Å². The summed E-state index contributed by atoms with van der Waals surface area (Å²) in [6.45, 7) is 2.94. The largest absolute Gasteiger partial charge is 0.341 e. The van der Waals surface area contributed by atoms with Crippen molar-refractivity contribution in [3.05, 3.63) is 29.8 Å². The van der Waals surface area contributed by atoms with E-state index in [-0.39, 0.29) is 16.8 Å². The van der Waals surface area contributed by atoms with Gasteiger partial charge in [0, 0.05) is 25.8 Å². The van der Waals surface area contributed by atoms with E-state index in [1.165, 1.54) is 37.4 Å². The number of carbonyl (C=O) groups is 2. The van der Waals surface area contributed by atoms with E-state index in [9.17, 15) is 18.0 Å². The number of nitrogens with zero attached hydrogens (tertiary/aromatic N) is 3. The molecule has 0 aromatic heterocycles. The number of piperidine rings is 1. The lowest BCUT2D eigenvalue weighted by Crippen LogP contribution is -2.48. The molecular formula is C21H29N7O4S. The Hall–Kier alpha value is -2.85. The van der Waals surface area contributed by atoms with Gasteiger partial charge in [-0.05, 0) is 50.6 Å². The second kappa shape index (κ2) is 9.56. The number of nitrogens with one attached hydrogen (secondary N) is 2. The number of sulfonamides is 1. The quantitative estimate of drug-likeness (QED) is 0.207. The fourth-order valence-electron chi connectivity index (χ4n) is 4.38. The number of hydrazone groups is 1. The molecule has 1 aliphatic carbocycles. The number of ketones is 1. The van der Waals surface area contributed by atoms with Gasteiger partial charge in [-0.1, -0.05) is 0 Å². The minimum atomic E-state index is -4.04. The van der Waals surface area contributed by atoms with Crippen LogP contribution in [-0.4, -0.2) is 69.0 Å². The maximum absolute atomic E-state index is 13.2. The van der Waals surface area contributed by atoms with Crippen LogP contribution in [0.4, 0.5) is 0 Å². The topological polar surface area (TPSA) is 184 Å². The molecule has 0 spiro atoms. The van der Waals surface area contributed by atoms with E-state index in [1.807, 2.05) is 6.07 Å². The van der Waals surface area contributed by atoms with Gasteiger partial charge in [0.05, 0.1) is 39.9 Å². The van der Waals surface area contributed by atoms with Crippen molar-refractivity contribution in [2.24, 2.45) is 28.5 Å². The van der Waals surface area contributed by atoms with Gasteiger partial charge in [0.15, 0.2) is 5.78 Å². The summed E-state index contributed by atoms with van der Waals surface area (Å²) in [7, 11) is -2.36. The highest BCUT2D eigenvalue weighted by Crippen LogP contribution is 2.49. The molecule has 0 radical (unpaired) electrons. The summed E-state index contributed by atoms with van der Waals surface area (Å²) in [6.07, 6.45) is 2.96. The van der Waals surface area contributed by atoms with Crippen LogP contribution in [-0.2, 0) is 19.6 Å². The molecule has 178 valence electrons. The lowest BCUT2D eigenvalue weighted by atomic mass is 10.0. The Kier molecular flexibility index (Phi) is 7.18. The summed E-state index contributed by atoms with van der Waals surface area (Å²) in [6, 6.07) is 6.04. The van der Waals surface area contributed by atoms with Gasteiger partial charge in [-0.2, -0.15) is 10.4 Å². The number of hydrogen-bond donors (Lipinski definition) is 4. The number of Topliss-reactive ketones (excluding diaryl/α,β-unsaturated/α-hetero) is 1. The summed E-state index contributed by atoms with van der Waals surface area (Å²) in [5, 5.41) is 15.6. The molecule has 1 saturated heterocycles. The summed E-state index contributed by atoms with van der Waals surface area (Å²) in [5.41, 5.74) is 5.27. The van der Waals surface area contributed by atoms with Gasteiger partial charge in [0.1, 0.15) is 0 Å². The van der Waals surface area contributed by atoms with E-state index in [1.54, 1.807) is 11.9 Å². The number of nitrogens with two attached hydrogens (primary N) is 2. The molecule has 1 aliphatic heterocycles. The first kappa shape index (κ1) is 24.8. The Morgan fingerprint density at radius 3 is 2.58 bits per heavy atom. The SMILES string of the molecule is C[C@H](NS(=O)(=O)c1ccc(C#N)cc1)C(=O)C1[C@H](C(=O)N(C)C2CCCNC2)C1(N)C=NN. The lowest BCUT2D eigenvalue weighted by molar-refractivity contribution is -0.135. The van der Waals surface area contributed by atoms with E-state index >= 15 is 0 Å². The standard InChI is InChI=1S/C21H29N7O4S/c1-13(27-33(31,32)16-7-5-14(10-22)6-8-16)19(29)17-18(21(17,23)12-26-24)20(30)28(2)15-4-3-9-25-11-15/h5-8,12-13,15,17-18,25,27H,3-4,9,11,23-24H2,1-2H3/t13-,15?,17?,18+,21?/m0/s1. The second-order valence-electron chi connectivity index (χ2n) is 8.56. The Morgan fingerprint density at radius 2 is 2.03 bits per heavy atom. The highest BCUT2D eigenvalue weighted by atomic mass is 32.2. The Labute approximate surface area is 193 Å². The van der Waals surface area contributed by atoms with Crippen molar-refractivity contribution in [1.29, 1.82) is 5.26 Å². The van der Waals surface area contributed by atoms with Crippen LogP contribution in [0.3, 0.4) is 0 Å². The van der Waals surface area contributed by atoms with Crippen LogP contribution in [0.5, 0.6) is 0 Å². The molecule has 1 aromatic rings. The Bertz CT molecular complexity index is 1080. The lowest BCUT2D eigenvalue weighted by Gasteiger charge is -2.32. The molecule has 1 amide bonds. The molecule has 6 N–H and O–H groups in total. The molecule has 12 heteroatoms. The normalized spacial score (nSPS) is 28.1. The molecule has 11 nitrogen and oxygen atoms in total. The van der Waals surface area contributed by atoms with Crippen molar-refractivity contribution in [2.75, 3.05) is 20.1 Å². The Balaban J connectivity index is 1.75. The van der Waals surface area contributed by atoms with Crippen molar-refractivity contribution in [3.63, 3.8) is 0 Å². The number of hydrogen-bond acceptors (Lipinski definition) is 9. The third-order valence-corrected chi connectivity index (χ3v) is 7.95. The van der Waals surface area contributed by atoms with Crippen LogP contribution in [0.15, 0.2) is 34.3 Å². The van der Waals surface area contributed by atoms with E-state index in [4.69, 9.17) is 16.8 Å². The molecule has 2 aliphatic rings. The number of amides is 1. The Morgan fingerprint density at radius 1 is 1.36 bits per heavy atom. The van der Waals surface area contributed by atoms with Crippen LogP contribution < -0.4 is 21.6 Å². The van der Waals surface area contributed by atoms with E-state index in [2.05, 4.69) is 15.1 Å². The first-order chi connectivity index (χ1) is 15.6. The molecule has 3 unspecified atom stereocenters. The summed E-state index contributed by atoms with van der Waals surface area (Å²) in [4.78, 5) is 27.9. The summed E-state index contributed by atoms with van der Waals surface area (Å²) >= 11 is 0. The van der Waals surface area contributed by atoms with Crippen molar-refractivity contribution < 1.29 is 18.0 Å². The van der Waals surface area contributed by atoms with Crippen molar-refractivity contribution in [2.45, 2.75) is 42.3 Å². The van der Waals surface area contributed by atoms with E-state index < -0.39 is 39.2 Å². The molecule has 1 saturated carbocycles. The zero-order valence-electron chi connectivity index (χ0n) is 18.6. The van der Waals surface area contributed by atoms with Gasteiger partial charge in [-0.25, -0.2) is 13.1 Å². The zero-order valence-corrected chi connectivity index (χ0v) is 19.4. The van der Waals surface area contributed by atoms with Gasteiger partial charge in [0.25, 0.3) is 0 Å². The molecule has 1 heterocycles. The van der Waals surface area contributed by atoms with Gasteiger partial charge in [-0.3, -0.25) is 9.59 Å². The highest BCUT2D eigenvalue weighted by Gasteiger charge is 2.70. The number of likely N-dealkylation sites (N-methyl/N-ethyl adjacent to an activating group) is 1. The first-order valence-electron chi connectivity index (χ1n) is 10.6. The van der Waals surface area contributed by atoms with Gasteiger partial charge in [0.2, 0.25) is 15.9 Å². The predicted molar refractivity (Wildman–Crippen MR) is 121 cm³/mol. The summed E-state index contributed by atoms with van der Waals surface area (Å²) < 4.78 is 27.7. The average molecular weight is 476 g/mol. The van der Waals surface area contributed by atoms with Gasteiger partial charge in [-0.15, -0.1) is 0 Å². The minimum absolute atomic E-state index is 0.0195. The molecule has 2 fully saturated rings. The number of nitriles is 1. The molecule has 0 bridgehead atoms. The van der Waals surface area contributed by atoms with Gasteiger partial charge >= 0.3 is 0 Å². The molecule has 33 heavy (non-hydrogen) atoms. The molecule has 5 atom stereocenters. The third-order valence-electron chi connectivity index (χ3n) is 6.39. The predicted octanol–water partition coefficient (Wildman–Crippen LogP) is -1.11. The number of rotatable bonds is 8. The second-order valence-corrected chi connectivity index (χ2v) is 10.3. The van der Waals surface area contributed by atoms with Crippen LogP contribution >= 0.6 is 0 Å². The number of carbonyl (C=O) groups excluding carboxylic acids is 2. The third kappa shape index (κ3) is 4.91. The van der Waals surface area contributed by atoms with Crippen LogP contribution in [0, 0.1) is 23.2 Å². The first-order valence-corrected chi connectivity index (χ1v) is 12.1. The smallest absolute Gasteiger partial charge is 0.241 e. The molecule has 1 aromatic carbocycles. The van der Waals surface area contributed by atoms with Crippen molar-refractivity contribution >= 4 is 27.9 Å². The molecular weight excluding hydrogens is 446 g/mol. The fourth-order valence-corrected chi connectivity index (χ4v) is 5.60. The van der Waals surface area contributed by atoms with Gasteiger partial charge < -0.3 is 21.8 Å². The zero-order chi connectivity index (χ0) is 24.4. The maximum Gasteiger partial charge on any atom is 0.241 e. The van der Waals surface area contributed by atoms with Crippen molar-refractivity contribution in [1.82, 2.24) is 14.9 Å². The van der Waals surface area contributed by atoms with Crippen LogP contribution in [0.25, 0.3) is 0 Å². The van der Waals surface area contributed by atoms with E-state index in [0.29, 0.717) is 12.1 Å². The molecule has 3 rings (SSSR count).